The highest BCUT2D eigenvalue weighted by atomic mass is 79.9. The lowest BCUT2D eigenvalue weighted by Crippen LogP contribution is -2.46. The lowest BCUT2D eigenvalue weighted by molar-refractivity contribution is 0.0731. The maximum Gasteiger partial charge on any atom is 0.265 e. The molecule has 5 nitrogen and oxygen atoms in total. The van der Waals surface area contributed by atoms with Gasteiger partial charge in [-0.2, -0.15) is 0 Å². The molecule has 1 aliphatic heterocycles. The molecule has 8 heteroatoms. The number of carbonyl (C=O) groups is 1. The number of halogens is 1. The van der Waals surface area contributed by atoms with E-state index in [1.54, 1.807) is 11.0 Å². The molecule has 1 amide bonds. The van der Waals surface area contributed by atoms with E-state index in [4.69, 9.17) is 5.14 Å². The molecule has 1 atom stereocenters. The quantitative estimate of drug-likeness (QED) is 0.873. The monoisotopic (exact) mass is 352 g/mol. The Hall–Kier alpha value is -0.440. The van der Waals surface area contributed by atoms with Crippen LogP contribution in [0.4, 0.5) is 0 Å². The summed E-state index contributed by atoms with van der Waals surface area (Å²) in [6, 6.07) is 1.80. The second kappa shape index (κ2) is 5.28. The van der Waals surface area contributed by atoms with E-state index < -0.39 is 15.3 Å². The highest BCUT2D eigenvalue weighted by Crippen LogP contribution is 2.26. The molecule has 1 fully saturated rings. The minimum Gasteiger partial charge on any atom is -0.337 e. The second-order valence-electron chi connectivity index (χ2n) is 4.20. The number of likely N-dealkylation sites (tertiary alicyclic amines) is 1. The fourth-order valence-electron chi connectivity index (χ4n) is 1.98. The highest BCUT2D eigenvalue weighted by Gasteiger charge is 2.31. The second-order valence-corrected chi connectivity index (χ2v) is 7.82. The number of hydrogen-bond acceptors (Lipinski definition) is 4. The van der Waals surface area contributed by atoms with Gasteiger partial charge in [0.25, 0.3) is 5.91 Å². The first-order chi connectivity index (χ1) is 8.39. The van der Waals surface area contributed by atoms with E-state index in [0.717, 1.165) is 4.47 Å². The van der Waals surface area contributed by atoms with E-state index in [1.807, 2.05) is 5.38 Å². The third kappa shape index (κ3) is 2.93. The first-order valence-electron chi connectivity index (χ1n) is 5.43. The van der Waals surface area contributed by atoms with Gasteiger partial charge >= 0.3 is 0 Å². The Morgan fingerprint density at radius 2 is 2.28 bits per heavy atom. The van der Waals surface area contributed by atoms with Gasteiger partial charge in [-0.1, -0.05) is 0 Å². The first kappa shape index (κ1) is 14.0. The van der Waals surface area contributed by atoms with Crippen molar-refractivity contribution in [2.75, 3.05) is 13.1 Å². The van der Waals surface area contributed by atoms with Crippen LogP contribution in [0.1, 0.15) is 22.5 Å². The molecular formula is C10H13BrN2O3S2. The average molecular weight is 353 g/mol. The van der Waals surface area contributed by atoms with Crippen molar-refractivity contribution in [2.24, 2.45) is 5.14 Å². The van der Waals surface area contributed by atoms with Gasteiger partial charge in [-0.15, -0.1) is 11.3 Å². The summed E-state index contributed by atoms with van der Waals surface area (Å²) >= 11 is 4.65. The van der Waals surface area contributed by atoms with E-state index in [-0.39, 0.29) is 12.5 Å². The van der Waals surface area contributed by atoms with Crippen molar-refractivity contribution in [2.45, 2.75) is 18.1 Å². The zero-order valence-electron chi connectivity index (χ0n) is 9.50. The van der Waals surface area contributed by atoms with Crippen molar-refractivity contribution in [3.05, 3.63) is 20.8 Å². The van der Waals surface area contributed by atoms with Crippen molar-refractivity contribution in [1.29, 1.82) is 0 Å². The summed E-state index contributed by atoms with van der Waals surface area (Å²) in [5.41, 5.74) is 0. The van der Waals surface area contributed by atoms with Gasteiger partial charge in [0.05, 0.1) is 5.25 Å². The number of thiophene rings is 1. The lowest BCUT2D eigenvalue weighted by Gasteiger charge is -2.31. The maximum absolute atomic E-state index is 12.2. The molecule has 18 heavy (non-hydrogen) atoms. The molecule has 1 aromatic rings. The molecule has 0 aliphatic carbocycles. The van der Waals surface area contributed by atoms with Crippen LogP contribution in [0.15, 0.2) is 15.9 Å². The van der Waals surface area contributed by atoms with Gasteiger partial charge in [0, 0.05) is 17.6 Å². The number of sulfonamides is 1. The van der Waals surface area contributed by atoms with Crippen LogP contribution >= 0.6 is 27.3 Å². The summed E-state index contributed by atoms with van der Waals surface area (Å²) in [5, 5.41) is 6.32. The number of hydrogen-bond donors (Lipinski definition) is 1. The third-order valence-corrected chi connectivity index (χ3v) is 6.08. The van der Waals surface area contributed by atoms with E-state index in [2.05, 4.69) is 15.9 Å². The molecule has 1 unspecified atom stereocenters. The summed E-state index contributed by atoms with van der Waals surface area (Å²) < 4.78 is 23.4. The number of amides is 1. The standard InChI is InChI=1S/C10H13BrN2O3S2/c11-8-3-5-17-9(8)10(14)13-4-1-2-7(6-13)18(12,15)16/h3,5,7H,1-2,4,6H2,(H2,12,15,16). The van der Waals surface area contributed by atoms with Crippen LogP contribution in [0, 0.1) is 0 Å². The summed E-state index contributed by atoms with van der Waals surface area (Å²) in [7, 11) is -3.57. The SMILES string of the molecule is NS(=O)(=O)C1CCCN(C(=O)c2sccc2Br)C1. The molecule has 1 saturated heterocycles. The topological polar surface area (TPSA) is 80.5 Å². The number of carbonyl (C=O) groups excluding carboxylic acids is 1. The third-order valence-electron chi connectivity index (χ3n) is 2.94. The molecule has 0 radical (unpaired) electrons. The van der Waals surface area contributed by atoms with Crippen molar-refractivity contribution in [1.82, 2.24) is 4.90 Å². The van der Waals surface area contributed by atoms with Gasteiger partial charge in [0.1, 0.15) is 4.88 Å². The highest BCUT2D eigenvalue weighted by molar-refractivity contribution is 9.10. The molecule has 2 N–H and O–H groups in total. The molecule has 0 aromatic carbocycles. The molecule has 2 rings (SSSR count). The Balaban J connectivity index is 2.15. The largest absolute Gasteiger partial charge is 0.337 e. The fraction of sp³-hybridized carbons (Fsp3) is 0.500. The van der Waals surface area contributed by atoms with Crippen LogP contribution < -0.4 is 5.14 Å². The summed E-state index contributed by atoms with van der Waals surface area (Å²) in [6.07, 6.45) is 1.18. The van der Waals surface area contributed by atoms with Crippen LogP contribution in [0.3, 0.4) is 0 Å². The Kier molecular flexibility index (Phi) is 4.10. The van der Waals surface area contributed by atoms with Crippen LogP contribution in [-0.2, 0) is 10.0 Å². The molecule has 0 bridgehead atoms. The predicted octanol–water partition coefficient (Wildman–Crippen LogP) is 1.40. The van der Waals surface area contributed by atoms with Crippen LogP contribution in [0.5, 0.6) is 0 Å². The molecule has 0 saturated carbocycles. The van der Waals surface area contributed by atoms with E-state index in [0.29, 0.717) is 24.3 Å². The first-order valence-corrected chi connectivity index (χ1v) is 8.71. The Labute approximate surface area is 118 Å². The minimum absolute atomic E-state index is 0.134. The van der Waals surface area contributed by atoms with E-state index in [9.17, 15) is 13.2 Å². The summed E-state index contributed by atoms with van der Waals surface area (Å²) in [6.45, 7) is 0.761. The van der Waals surface area contributed by atoms with Crippen LogP contribution in [0.25, 0.3) is 0 Å². The smallest absolute Gasteiger partial charge is 0.265 e. The van der Waals surface area contributed by atoms with Crippen LogP contribution in [-0.4, -0.2) is 37.6 Å². The zero-order valence-corrected chi connectivity index (χ0v) is 12.7. The van der Waals surface area contributed by atoms with Gasteiger partial charge in [-0.3, -0.25) is 4.79 Å². The number of primary sulfonamides is 1. The normalized spacial score (nSPS) is 21.0. The molecule has 0 spiro atoms. The van der Waals surface area contributed by atoms with Gasteiger partial charge < -0.3 is 4.90 Å². The molecule has 1 aromatic heterocycles. The van der Waals surface area contributed by atoms with Crippen molar-refractivity contribution in [3.8, 4) is 0 Å². The Morgan fingerprint density at radius 3 is 2.83 bits per heavy atom. The lowest BCUT2D eigenvalue weighted by atomic mass is 10.1. The van der Waals surface area contributed by atoms with Crippen molar-refractivity contribution >= 4 is 43.2 Å². The van der Waals surface area contributed by atoms with Gasteiger partial charge in [-0.25, -0.2) is 13.6 Å². The molecule has 100 valence electrons. The fourth-order valence-corrected chi connectivity index (χ4v) is 4.37. The van der Waals surface area contributed by atoms with Crippen LogP contribution in [0.2, 0.25) is 0 Å². The molecule has 1 aliphatic rings. The van der Waals surface area contributed by atoms with E-state index >= 15 is 0 Å². The molecule has 2 heterocycles. The minimum atomic E-state index is -3.57. The number of rotatable bonds is 2. The van der Waals surface area contributed by atoms with Gasteiger partial charge in [-0.05, 0) is 40.2 Å². The number of nitrogens with zero attached hydrogens (tertiary/aromatic N) is 1. The Morgan fingerprint density at radius 1 is 1.56 bits per heavy atom. The van der Waals surface area contributed by atoms with Gasteiger partial charge in [0.2, 0.25) is 10.0 Å². The predicted molar refractivity (Wildman–Crippen MR) is 74.1 cm³/mol. The maximum atomic E-state index is 12.2. The van der Waals surface area contributed by atoms with Gasteiger partial charge in [0.15, 0.2) is 0 Å². The van der Waals surface area contributed by atoms with Crippen molar-refractivity contribution < 1.29 is 13.2 Å². The summed E-state index contributed by atoms with van der Waals surface area (Å²) in [4.78, 5) is 14.4. The van der Waals surface area contributed by atoms with Crippen molar-refractivity contribution in [3.63, 3.8) is 0 Å². The zero-order chi connectivity index (χ0) is 13.3. The molecular weight excluding hydrogens is 340 g/mol. The average Bonchev–Trinajstić information content (AvgIpc) is 2.73. The number of piperidine rings is 1. The van der Waals surface area contributed by atoms with E-state index in [1.165, 1.54) is 11.3 Å². The summed E-state index contributed by atoms with van der Waals surface area (Å²) in [5.74, 6) is -0.134. The number of nitrogens with two attached hydrogens (primary N) is 1. The Bertz CT molecular complexity index is 555.